The third-order valence-corrected chi connectivity index (χ3v) is 11.9. The summed E-state index contributed by atoms with van der Waals surface area (Å²) < 4.78 is 28.9. The van der Waals surface area contributed by atoms with Crippen LogP contribution in [0.3, 0.4) is 0 Å². The largest absolute Gasteiger partial charge is 0.298 e. The van der Waals surface area contributed by atoms with Crippen LogP contribution in [0.2, 0.25) is 0 Å². The fourth-order valence-corrected chi connectivity index (χ4v) is 10.4. The second-order valence-electron chi connectivity index (χ2n) is 12.4. The molecule has 36 heavy (non-hydrogen) atoms. The zero-order valence-electron chi connectivity index (χ0n) is 20.9. The molecule has 2 aromatic rings. The Labute approximate surface area is 214 Å². The van der Waals surface area contributed by atoms with Gasteiger partial charge in [-0.1, -0.05) is 36.4 Å². The topological polar surface area (TPSA) is 57.7 Å². The summed E-state index contributed by atoms with van der Waals surface area (Å²) in [5, 5.41) is 0. The summed E-state index contributed by atoms with van der Waals surface area (Å²) in [7, 11) is -3.59. The number of para-hydroxylation sites is 1. The van der Waals surface area contributed by atoms with Crippen molar-refractivity contribution in [1.29, 1.82) is 0 Å². The monoisotopic (exact) mass is 504 g/mol. The number of ketones is 1. The molecular formula is C30H36N2O3S. The minimum atomic E-state index is -3.59. The van der Waals surface area contributed by atoms with Crippen molar-refractivity contribution in [1.82, 2.24) is 4.90 Å². The molecule has 5 fully saturated rings. The van der Waals surface area contributed by atoms with Gasteiger partial charge in [-0.25, -0.2) is 8.42 Å². The van der Waals surface area contributed by atoms with Gasteiger partial charge in [-0.2, -0.15) is 0 Å². The molecule has 0 aromatic heterocycles. The molecule has 0 spiro atoms. The SMILES string of the molecule is O=C(CN1CCC(CN2c3ccccc3-c3ccccc3S2(=O)=O)CC1)C12CC3CC(CC(C3)C1)C2. The van der Waals surface area contributed by atoms with Gasteiger partial charge in [0.05, 0.1) is 17.1 Å². The molecule has 2 aromatic carbocycles. The molecule has 4 aliphatic carbocycles. The predicted octanol–water partition coefficient (Wildman–Crippen LogP) is 5.36. The quantitative estimate of drug-likeness (QED) is 0.550. The van der Waals surface area contributed by atoms with Crippen molar-refractivity contribution in [2.45, 2.75) is 56.3 Å². The normalized spacial score (nSPS) is 32.8. The average molecular weight is 505 g/mol. The highest BCUT2D eigenvalue weighted by Crippen LogP contribution is 2.60. The molecule has 4 saturated carbocycles. The summed E-state index contributed by atoms with van der Waals surface area (Å²) in [6.45, 7) is 2.87. The van der Waals surface area contributed by atoms with Gasteiger partial charge in [-0.05, 0) is 100 Å². The van der Waals surface area contributed by atoms with Crippen LogP contribution in [-0.4, -0.2) is 45.3 Å². The van der Waals surface area contributed by atoms with Crippen LogP contribution in [0, 0.1) is 29.1 Å². The van der Waals surface area contributed by atoms with Gasteiger partial charge >= 0.3 is 0 Å². The highest BCUT2D eigenvalue weighted by atomic mass is 32.2. The number of rotatable bonds is 5. The summed E-state index contributed by atoms with van der Waals surface area (Å²) >= 11 is 0. The number of sulfonamides is 1. The molecule has 5 nitrogen and oxygen atoms in total. The molecule has 2 heterocycles. The highest BCUT2D eigenvalue weighted by molar-refractivity contribution is 7.93. The van der Waals surface area contributed by atoms with Crippen molar-refractivity contribution in [2.24, 2.45) is 29.1 Å². The fraction of sp³-hybridized carbons (Fsp3) is 0.567. The van der Waals surface area contributed by atoms with Crippen molar-refractivity contribution in [3.05, 3.63) is 48.5 Å². The van der Waals surface area contributed by atoms with E-state index in [9.17, 15) is 13.2 Å². The number of benzene rings is 2. The van der Waals surface area contributed by atoms with Crippen molar-refractivity contribution < 1.29 is 13.2 Å². The van der Waals surface area contributed by atoms with E-state index >= 15 is 0 Å². The summed E-state index contributed by atoms with van der Waals surface area (Å²) in [5.74, 6) is 3.19. The van der Waals surface area contributed by atoms with E-state index in [0.717, 1.165) is 79.8 Å². The molecule has 0 radical (unpaired) electrons. The Hall–Kier alpha value is -2.18. The Balaban J connectivity index is 1.03. The van der Waals surface area contributed by atoms with Gasteiger partial charge in [-0.3, -0.25) is 14.0 Å². The summed E-state index contributed by atoms with van der Waals surface area (Å²) in [4.78, 5) is 16.3. The first kappa shape index (κ1) is 23.0. The van der Waals surface area contributed by atoms with E-state index < -0.39 is 10.0 Å². The Morgan fingerprint density at radius 3 is 2.08 bits per heavy atom. The molecular weight excluding hydrogens is 468 g/mol. The van der Waals surface area contributed by atoms with Crippen LogP contribution in [-0.2, 0) is 14.8 Å². The number of anilines is 1. The van der Waals surface area contributed by atoms with Gasteiger partial charge in [0.25, 0.3) is 10.0 Å². The third kappa shape index (κ3) is 3.66. The number of hydrogen-bond donors (Lipinski definition) is 0. The van der Waals surface area contributed by atoms with Crippen molar-refractivity contribution in [2.75, 3.05) is 30.5 Å². The van der Waals surface area contributed by atoms with Crippen LogP contribution in [0.25, 0.3) is 11.1 Å². The van der Waals surface area contributed by atoms with Crippen molar-refractivity contribution in [3.63, 3.8) is 0 Å². The maximum absolute atomic E-state index is 13.6. The zero-order valence-corrected chi connectivity index (χ0v) is 21.8. The number of fused-ring (bicyclic) bond motifs is 3. The number of carbonyl (C=O) groups is 1. The highest BCUT2D eigenvalue weighted by Gasteiger charge is 2.54. The van der Waals surface area contributed by atoms with Gasteiger partial charge in [0.2, 0.25) is 0 Å². The Kier molecular flexibility index (Phi) is 5.37. The van der Waals surface area contributed by atoms with E-state index in [1.165, 1.54) is 19.3 Å². The number of likely N-dealkylation sites (tertiary alicyclic amines) is 1. The maximum atomic E-state index is 13.6. The molecule has 8 rings (SSSR count). The van der Waals surface area contributed by atoms with Crippen LogP contribution in [0.4, 0.5) is 5.69 Å². The maximum Gasteiger partial charge on any atom is 0.264 e. The van der Waals surface area contributed by atoms with E-state index in [4.69, 9.17) is 0 Å². The summed E-state index contributed by atoms with van der Waals surface area (Å²) in [5.41, 5.74) is 2.55. The Morgan fingerprint density at radius 1 is 0.833 bits per heavy atom. The molecule has 0 N–H and O–H groups in total. The first-order valence-electron chi connectivity index (χ1n) is 13.9. The molecule has 4 bridgehead atoms. The molecule has 0 amide bonds. The van der Waals surface area contributed by atoms with Gasteiger partial charge < -0.3 is 0 Å². The van der Waals surface area contributed by atoms with Crippen LogP contribution in [0.5, 0.6) is 0 Å². The minimum absolute atomic E-state index is 0.0232. The first-order chi connectivity index (χ1) is 17.4. The lowest BCUT2D eigenvalue weighted by molar-refractivity contribution is -0.145. The zero-order chi connectivity index (χ0) is 24.5. The Bertz CT molecular complexity index is 1260. The van der Waals surface area contributed by atoms with Crippen LogP contribution in [0.1, 0.15) is 51.4 Å². The Morgan fingerprint density at radius 2 is 1.42 bits per heavy atom. The van der Waals surface area contributed by atoms with E-state index in [2.05, 4.69) is 4.90 Å². The number of nitrogens with zero attached hydrogens (tertiary/aromatic N) is 2. The van der Waals surface area contributed by atoms with Crippen LogP contribution in [0.15, 0.2) is 53.4 Å². The number of piperidine rings is 1. The summed E-state index contributed by atoms with van der Waals surface area (Å²) in [6, 6.07) is 15.2. The summed E-state index contributed by atoms with van der Waals surface area (Å²) in [6.07, 6.45) is 9.39. The second kappa shape index (κ2) is 8.42. The van der Waals surface area contributed by atoms with E-state index in [-0.39, 0.29) is 5.41 Å². The van der Waals surface area contributed by atoms with Crippen molar-refractivity contribution in [3.8, 4) is 11.1 Å². The minimum Gasteiger partial charge on any atom is -0.298 e. The molecule has 6 heteroatoms. The molecule has 0 unspecified atom stereocenters. The first-order valence-corrected chi connectivity index (χ1v) is 15.3. The average Bonchev–Trinajstić information content (AvgIpc) is 2.87. The van der Waals surface area contributed by atoms with Gasteiger partial charge in [0, 0.05) is 23.1 Å². The lowest BCUT2D eigenvalue weighted by Crippen LogP contribution is -2.53. The lowest BCUT2D eigenvalue weighted by Gasteiger charge is -2.56. The van der Waals surface area contributed by atoms with E-state index in [0.29, 0.717) is 29.7 Å². The third-order valence-electron chi connectivity index (χ3n) is 10.0. The van der Waals surface area contributed by atoms with Crippen LogP contribution >= 0.6 is 0 Å². The molecule has 6 aliphatic rings. The standard InChI is InChI=1S/C30H36N2O3S/c33-29(30-16-22-13-23(17-30)15-24(14-22)18-30)20-31-11-9-21(10-12-31)19-32-27-7-3-1-5-25(27)26-6-2-4-8-28(26)36(32,34)35/h1-8,21-24H,9-20H2. The van der Waals surface area contributed by atoms with Gasteiger partial charge in [-0.15, -0.1) is 0 Å². The molecule has 1 saturated heterocycles. The van der Waals surface area contributed by atoms with Crippen LogP contribution < -0.4 is 4.31 Å². The predicted molar refractivity (Wildman–Crippen MR) is 141 cm³/mol. The van der Waals surface area contributed by atoms with Crippen molar-refractivity contribution >= 4 is 21.5 Å². The second-order valence-corrected chi connectivity index (χ2v) is 14.2. The molecule has 190 valence electrons. The number of Topliss-reactive ketones (excluding diaryl/α,β-unsaturated/α-hetero) is 1. The number of carbonyl (C=O) groups excluding carboxylic acids is 1. The molecule has 2 aliphatic heterocycles. The fourth-order valence-electron chi connectivity index (χ4n) is 8.66. The lowest BCUT2D eigenvalue weighted by atomic mass is 9.48. The van der Waals surface area contributed by atoms with E-state index in [1.54, 1.807) is 10.4 Å². The van der Waals surface area contributed by atoms with E-state index in [1.807, 2.05) is 42.5 Å². The van der Waals surface area contributed by atoms with Gasteiger partial charge in [0.15, 0.2) is 5.78 Å². The molecule has 0 atom stereocenters. The smallest absolute Gasteiger partial charge is 0.264 e. The number of hydrogen-bond acceptors (Lipinski definition) is 4. The van der Waals surface area contributed by atoms with Gasteiger partial charge in [0.1, 0.15) is 0 Å².